The highest BCUT2D eigenvalue weighted by Gasteiger charge is 2.35. The fourth-order valence-electron chi connectivity index (χ4n) is 2.24. The molecule has 7 nitrogen and oxygen atoms in total. The van der Waals surface area contributed by atoms with Gasteiger partial charge in [0.1, 0.15) is 18.2 Å². The molecular formula is C18H22N2O5. The minimum Gasteiger partial charge on any atom is -0.460 e. The van der Waals surface area contributed by atoms with E-state index in [9.17, 15) is 14.4 Å². The highest BCUT2D eigenvalue weighted by atomic mass is 16.6. The monoisotopic (exact) mass is 346 g/mol. The SMILES string of the molecule is CC(C)(C)OC(=O)C[C@@H]1C(=O)NC=CN1C(=O)OCc1ccccc1. The van der Waals surface area contributed by atoms with Crippen molar-refractivity contribution in [3.05, 3.63) is 48.3 Å². The molecule has 7 heteroatoms. The second kappa shape index (κ2) is 7.83. The third kappa shape index (κ3) is 5.63. The number of benzene rings is 1. The first-order valence-electron chi connectivity index (χ1n) is 7.94. The van der Waals surface area contributed by atoms with Crippen LogP contribution in [0.1, 0.15) is 32.8 Å². The molecule has 0 fully saturated rings. The Morgan fingerprint density at radius 1 is 1.20 bits per heavy atom. The summed E-state index contributed by atoms with van der Waals surface area (Å²) in [6, 6.07) is 8.17. The molecule has 25 heavy (non-hydrogen) atoms. The predicted octanol–water partition coefficient (Wildman–Crippen LogP) is 2.33. The maximum absolute atomic E-state index is 12.3. The quantitative estimate of drug-likeness (QED) is 0.846. The van der Waals surface area contributed by atoms with E-state index in [2.05, 4.69) is 5.32 Å². The van der Waals surface area contributed by atoms with Crippen molar-refractivity contribution in [3.63, 3.8) is 0 Å². The summed E-state index contributed by atoms with van der Waals surface area (Å²) in [6.45, 7) is 5.28. The van der Waals surface area contributed by atoms with Crippen LogP contribution in [0.15, 0.2) is 42.7 Å². The van der Waals surface area contributed by atoms with E-state index in [-0.39, 0.29) is 13.0 Å². The number of carbonyl (C=O) groups is 3. The van der Waals surface area contributed by atoms with Crippen LogP contribution in [0, 0.1) is 0 Å². The lowest BCUT2D eigenvalue weighted by atomic mass is 10.1. The van der Waals surface area contributed by atoms with Crippen molar-refractivity contribution in [1.29, 1.82) is 0 Å². The molecule has 0 spiro atoms. The van der Waals surface area contributed by atoms with Gasteiger partial charge in [-0.05, 0) is 26.3 Å². The van der Waals surface area contributed by atoms with Crippen LogP contribution >= 0.6 is 0 Å². The summed E-state index contributed by atoms with van der Waals surface area (Å²) in [7, 11) is 0. The van der Waals surface area contributed by atoms with Gasteiger partial charge in [0.2, 0.25) is 5.91 Å². The predicted molar refractivity (Wildman–Crippen MR) is 90.0 cm³/mol. The van der Waals surface area contributed by atoms with Crippen molar-refractivity contribution in [3.8, 4) is 0 Å². The smallest absolute Gasteiger partial charge is 0.414 e. The summed E-state index contributed by atoms with van der Waals surface area (Å²) in [6.07, 6.45) is 1.75. The molecule has 1 heterocycles. The van der Waals surface area contributed by atoms with Crippen molar-refractivity contribution in [2.45, 2.75) is 45.4 Å². The zero-order chi connectivity index (χ0) is 18.4. The Hall–Kier alpha value is -2.83. The standard InChI is InChI=1S/C18H22N2O5/c1-18(2,3)25-15(21)11-14-16(22)19-9-10-20(14)17(23)24-12-13-7-5-4-6-8-13/h4-10,14H,11-12H2,1-3H3,(H,19,22)/t14-/m1/s1. The number of nitrogens with one attached hydrogen (secondary N) is 1. The van der Waals surface area contributed by atoms with Crippen molar-refractivity contribution in [1.82, 2.24) is 10.2 Å². The zero-order valence-corrected chi connectivity index (χ0v) is 14.5. The number of esters is 1. The molecule has 2 rings (SSSR count). The normalized spacial score (nSPS) is 17.0. The first-order valence-corrected chi connectivity index (χ1v) is 7.94. The number of ether oxygens (including phenoxy) is 2. The number of rotatable bonds is 4. The largest absolute Gasteiger partial charge is 0.460 e. The second-order valence-corrected chi connectivity index (χ2v) is 6.58. The molecule has 0 saturated heterocycles. The highest BCUT2D eigenvalue weighted by molar-refractivity contribution is 5.91. The Bertz CT molecular complexity index is 664. The molecule has 0 bridgehead atoms. The first kappa shape index (κ1) is 18.5. The Morgan fingerprint density at radius 2 is 1.88 bits per heavy atom. The van der Waals surface area contributed by atoms with Crippen LogP contribution in [-0.4, -0.2) is 34.5 Å². The van der Waals surface area contributed by atoms with Gasteiger partial charge in [0.05, 0.1) is 6.42 Å². The summed E-state index contributed by atoms with van der Waals surface area (Å²) in [4.78, 5) is 37.5. The third-order valence-corrected chi connectivity index (χ3v) is 3.30. The van der Waals surface area contributed by atoms with Crippen LogP contribution in [0.3, 0.4) is 0 Å². The molecule has 1 atom stereocenters. The van der Waals surface area contributed by atoms with Gasteiger partial charge in [0.15, 0.2) is 0 Å². The number of hydrogen-bond donors (Lipinski definition) is 1. The van der Waals surface area contributed by atoms with E-state index >= 15 is 0 Å². The molecule has 134 valence electrons. The molecule has 1 aliphatic rings. The van der Waals surface area contributed by atoms with Crippen LogP contribution in [0.25, 0.3) is 0 Å². The number of carbonyl (C=O) groups excluding carboxylic acids is 3. The van der Waals surface area contributed by atoms with Gasteiger partial charge in [0, 0.05) is 12.4 Å². The molecule has 2 amide bonds. The van der Waals surface area contributed by atoms with Crippen LogP contribution in [0.2, 0.25) is 0 Å². The van der Waals surface area contributed by atoms with Gasteiger partial charge < -0.3 is 14.8 Å². The minimum atomic E-state index is -1.01. The number of amides is 2. The van der Waals surface area contributed by atoms with Gasteiger partial charge in [-0.3, -0.25) is 14.5 Å². The van der Waals surface area contributed by atoms with E-state index in [0.29, 0.717) is 0 Å². The van der Waals surface area contributed by atoms with Gasteiger partial charge in [-0.15, -0.1) is 0 Å². The maximum atomic E-state index is 12.3. The Balaban J connectivity index is 2.01. The Morgan fingerprint density at radius 3 is 2.52 bits per heavy atom. The molecule has 0 radical (unpaired) electrons. The summed E-state index contributed by atoms with van der Waals surface area (Å²) in [5.74, 6) is -1.03. The zero-order valence-electron chi connectivity index (χ0n) is 14.5. The van der Waals surface area contributed by atoms with Gasteiger partial charge in [-0.25, -0.2) is 4.79 Å². The number of hydrogen-bond acceptors (Lipinski definition) is 5. The third-order valence-electron chi connectivity index (χ3n) is 3.30. The average molecular weight is 346 g/mol. The van der Waals surface area contributed by atoms with Crippen LogP contribution in [-0.2, 0) is 25.7 Å². The molecular weight excluding hydrogens is 324 g/mol. The second-order valence-electron chi connectivity index (χ2n) is 6.58. The fraction of sp³-hybridized carbons (Fsp3) is 0.389. The Labute approximate surface area is 146 Å². The molecule has 0 aromatic heterocycles. The molecule has 1 aromatic carbocycles. The first-order chi connectivity index (χ1) is 11.8. The van der Waals surface area contributed by atoms with Crippen LogP contribution < -0.4 is 5.32 Å². The van der Waals surface area contributed by atoms with Crippen LogP contribution in [0.5, 0.6) is 0 Å². The minimum absolute atomic E-state index is 0.0742. The lowest BCUT2D eigenvalue weighted by Gasteiger charge is -2.30. The fourth-order valence-corrected chi connectivity index (χ4v) is 2.24. The van der Waals surface area contributed by atoms with E-state index in [1.807, 2.05) is 30.3 Å². The maximum Gasteiger partial charge on any atom is 0.414 e. The van der Waals surface area contributed by atoms with Crippen molar-refractivity contribution < 1.29 is 23.9 Å². The molecule has 1 aromatic rings. The molecule has 0 unspecified atom stereocenters. The van der Waals surface area contributed by atoms with Crippen molar-refractivity contribution in [2.24, 2.45) is 0 Å². The lowest BCUT2D eigenvalue weighted by Crippen LogP contribution is -2.50. The summed E-state index contributed by atoms with van der Waals surface area (Å²) < 4.78 is 10.5. The summed E-state index contributed by atoms with van der Waals surface area (Å²) in [5, 5.41) is 2.48. The van der Waals surface area contributed by atoms with Crippen molar-refractivity contribution >= 4 is 18.0 Å². The lowest BCUT2D eigenvalue weighted by molar-refractivity contribution is -0.157. The topological polar surface area (TPSA) is 84.9 Å². The van der Waals surface area contributed by atoms with Gasteiger partial charge in [-0.2, -0.15) is 0 Å². The summed E-state index contributed by atoms with van der Waals surface area (Å²) in [5.41, 5.74) is 0.154. The van der Waals surface area contributed by atoms with Gasteiger partial charge in [-0.1, -0.05) is 30.3 Å². The highest BCUT2D eigenvalue weighted by Crippen LogP contribution is 2.16. The average Bonchev–Trinajstić information content (AvgIpc) is 2.54. The number of nitrogens with zero attached hydrogens (tertiary/aromatic N) is 1. The van der Waals surface area contributed by atoms with E-state index in [4.69, 9.17) is 9.47 Å². The van der Waals surface area contributed by atoms with Crippen molar-refractivity contribution in [2.75, 3.05) is 0 Å². The van der Waals surface area contributed by atoms with E-state index in [1.165, 1.54) is 12.4 Å². The molecule has 0 aliphatic carbocycles. The summed E-state index contributed by atoms with van der Waals surface area (Å²) >= 11 is 0. The van der Waals surface area contributed by atoms with Crippen LogP contribution in [0.4, 0.5) is 4.79 Å². The van der Waals surface area contributed by atoms with Gasteiger partial charge >= 0.3 is 12.1 Å². The van der Waals surface area contributed by atoms with E-state index < -0.39 is 29.6 Å². The van der Waals surface area contributed by atoms with E-state index in [0.717, 1.165) is 10.5 Å². The molecule has 0 saturated carbocycles. The Kier molecular flexibility index (Phi) is 5.80. The molecule has 1 aliphatic heterocycles. The van der Waals surface area contributed by atoms with E-state index in [1.54, 1.807) is 20.8 Å². The van der Waals surface area contributed by atoms with Gasteiger partial charge in [0.25, 0.3) is 0 Å². The molecule has 1 N–H and O–H groups in total.